The molecule has 0 N–H and O–H groups in total. The van der Waals surface area contributed by atoms with Crippen LogP contribution in [0.1, 0.15) is 35.7 Å². The standard InChI is InChI=1S/C17H26N2O/c1-4-5-14-6-8-15(9-7-14)17(20)12-16-13-18(2)10-11-19(16)3/h6-9,16H,4-5,10-13H2,1-3H3. The van der Waals surface area contributed by atoms with E-state index in [1.165, 1.54) is 5.56 Å². The molecule has 0 saturated carbocycles. The highest BCUT2D eigenvalue weighted by Gasteiger charge is 2.24. The lowest BCUT2D eigenvalue weighted by Crippen LogP contribution is -2.50. The summed E-state index contributed by atoms with van der Waals surface area (Å²) in [7, 11) is 4.25. The maximum absolute atomic E-state index is 12.4. The van der Waals surface area contributed by atoms with E-state index in [4.69, 9.17) is 0 Å². The van der Waals surface area contributed by atoms with Crippen LogP contribution in [0.3, 0.4) is 0 Å². The third-order valence-corrected chi connectivity index (χ3v) is 4.22. The van der Waals surface area contributed by atoms with Gasteiger partial charge in [-0.25, -0.2) is 0 Å². The average molecular weight is 274 g/mol. The zero-order valence-electron chi connectivity index (χ0n) is 12.9. The van der Waals surface area contributed by atoms with E-state index in [9.17, 15) is 4.79 Å². The summed E-state index contributed by atoms with van der Waals surface area (Å²) in [6, 6.07) is 8.50. The summed E-state index contributed by atoms with van der Waals surface area (Å²) in [5.41, 5.74) is 2.17. The monoisotopic (exact) mass is 274 g/mol. The number of benzene rings is 1. The maximum Gasteiger partial charge on any atom is 0.164 e. The van der Waals surface area contributed by atoms with Gasteiger partial charge in [-0.05, 0) is 26.1 Å². The second-order valence-electron chi connectivity index (χ2n) is 5.97. The number of hydrogen-bond acceptors (Lipinski definition) is 3. The SMILES string of the molecule is CCCc1ccc(C(=O)CC2CN(C)CCN2C)cc1. The van der Waals surface area contributed by atoms with Gasteiger partial charge in [-0.3, -0.25) is 4.79 Å². The fourth-order valence-corrected chi connectivity index (χ4v) is 2.80. The van der Waals surface area contributed by atoms with Crippen LogP contribution < -0.4 is 0 Å². The van der Waals surface area contributed by atoms with Crippen LogP contribution in [0.4, 0.5) is 0 Å². The summed E-state index contributed by atoms with van der Waals surface area (Å²) >= 11 is 0. The van der Waals surface area contributed by atoms with Crippen molar-refractivity contribution < 1.29 is 4.79 Å². The van der Waals surface area contributed by atoms with Crippen LogP contribution in [0.2, 0.25) is 0 Å². The molecule has 2 rings (SSSR count). The number of aryl methyl sites for hydroxylation is 1. The van der Waals surface area contributed by atoms with Crippen molar-refractivity contribution >= 4 is 5.78 Å². The molecule has 3 heteroatoms. The molecule has 1 atom stereocenters. The molecule has 0 radical (unpaired) electrons. The van der Waals surface area contributed by atoms with E-state index in [0.717, 1.165) is 38.0 Å². The van der Waals surface area contributed by atoms with E-state index in [1.807, 2.05) is 12.1 Å². The van der Waals surface area contributed by atoms with Gasteiger partial charge < -0.3 is 9.80 Å². The molecule has 1 saturated heterocycles. The molecule has 0 bridgehead atoms. The third kappa shape index (κ3) is 3.90. The topological polar surface area (TPSA) is 23.6 Å². The molecule has 1 aromatic rings. The molecule has 1 unspecified atom stereocenters. The van der Waals surface area contributed by atoms with Crippen molar-refractivity contribution in [1.29, 1.82) is 0 Å². The predicted octanol–water partition coefficient (Wildman–Crippen LogP) is 2.46. The summed E-state index contributed by atoms with van der Waals surface area (Å²) in [6.45, 7) is 5.29. The van der Waals surface area contributed by atoms with Crippen molar-refractivity contribution in [3.05, 3.63) is 35.4 Å². The Balaban J connectivity index is 1.96. The largest absolute Gasteiger partial charge is 0.304 e. The molecule has 1 aromatic carbocycles. The lowest BCUT2D eigenvalue weighted by molar-refractivity contribution is 0.0810. The molecule has 0 spiro atoms. The second kappa shape index (κ2) is 7.00. The fourth-order valence-electron chi connectivity index (χ4n) is 2.80. The Hall–Kier alpha value is -1.19. The van der Waals surface area contributed by atoms with Gasteiger partial charge in [0.15, 0.2) is 5.78 Å². The minimum Gasteiger partial charge on any atom is -0.304 e. The van der Waals surface area contributed by atoms with Crippen molar-refractivity contribution in [2.45, 2.75) is 32.2 Å². The van der Waals surface area contributed by atoms with E-state index in [0.29, 0.717) is 12.5 Å². The fraction of sp³-hybridized carbons (Fsp3) is 0.588. The zero-order valence-corrected chi connectivity index (χ0v) is 12.9. The van der Waals surface area contributed by atoms with Crippen LogP contribution in [0.15, 0.2) is 24.3 Å². The summed E-state index contributed by atoms with van der Waals surface area (Å²) in [6.07, 6.45) is 2.85. The molecule has 1 aliphatic rings. The molecule has 0 aliphatic carbocycles. The van der Waals surface area contributed by atoms with E-state index < -0.39 is 0 Å². The lowest BCUT2D eigenvalue weighted by atomic mass is 9.99. The first-order valence-corrected chi connectivity index (χ1v) is 7.61. The maximum atomic E-state index is 12.4. The normalized spacial score (nSPS) is 21.1. The summed E-state index contributed by atoms with van der Waals surface area (Å²) in [5, 5.41) is 0. The van der Waals surface area contributed by atoms with E-state index in [1.54, 1.807) is 0 Å². The molecule has 0 amide bonds. The minimum atomic E-state index is 0.264. The average Bonchev–Trinajstić information content (AvgIpc) is 2.44. The predicted molar refractivity (Wildman–Crippen MR) is 83.3 cm³/mol. The number of carbonyl (C=O) groups excluding carboxylic acids is 1. The Labute approximate surface area is 122 Å². The van der Waals surface area contributed by atoms with Crippen LogP contribution >= 0.6 is 0 Å². The van der Waals surface area contributed by atoms with Gasteiger partial charge in [-0.1, -0.05) is 37.6 Å². The Bertz CT molecular complexity index is 441. The third-order valence-electron chi connectivity index (χ3n) is 4.22. The summed E-state index contributed by atoms with van der Waals surface area (Å²) in [5.74, 6) is 0.264. The van der Waals surface area contributed by atoms with Crippen LogP contribution in [0, 0.1) is 0 Å². The van der Waals surface area contributed by atoms with Crippen molar-refractivity contribution in [3.8, 4) is 0 Å². The number of carbonyl (C=O) groups is 1. The van der Waals surface area contributed by atoms with Crippen LogP contribution in [-0.2, 0) is 6.42 Å². The molecule has 110 valence electrons. The quantitative estimate of drug-likeness (QED) is 0.771. The van der Waals surface area contributed by atoms with Gasteiger partial charge in [0.25, 0.3) is 0 Å². The Morgan fingerprint density at radius 2 is 1.90 bits per heavy atom. The Morgan fingerprint density at radius 1 is 1.20 bits per heavy atom. The highest BCUT2D eigenvalue weighted by atomic mass is 16.1. The minimum absolute atomic E-state index is 0.264. The first-order chi connectivity index (χ1) is 9.60. The van der Waals surface area contributed by atoms with Crippen molar-refractivity contribution in [3.63, 3.8) is 0 Å². The smallest absolute Gasteiger partial charge is 0.164 e. The van der Waals surface area contributed by atoms with Gasteiger partial charge in [-0.15, -0.1) is 0 Å². The Kier molecular flexibility index (Phi) is 5.32. The molecule has 1 aliphatic heterocycles. The number of Topliss-reactive ketones (excluding diaryl/α,β-unsaturated/α-hetero) is 1. The van der Waals surface area contributed by atoms with E-state index in [-0.39, 0.29) is 5.78 Å². The first kappa shape index (κ1) is 15.2. The second-order valence-corrected chi connectivity index (χ2v) is 5.97. The van der Waals surface area contributed by atoms with Gasteiger partial charge >= 0.3 is 0 Å². The summed E-state index contributed by atoms with van der Waals surface area (Å²) < 4.78 is 0. The van der Waals surface area contributed by atoms with Crippen molar-refractivity contribution in [2.75, 3.05) is 33.7 Å². The molecule has 1 heterocycles. The highest BCUT2D eigenvalue weighted by Crippen LogP contribution is 2.14. The van der Waals surface area contributed by atoms with E-state index >= 15 is 0 Å². The number of ketones is 1. The van der Waals surface area contributed by atoms with Gasteiger partial charge in [0.05, 0.1) is 0 Å². The van der Waals surface area contributed by atoms with Crippen molar-refractivity contribution in [1.82, 2.24) is 9.80 Å². The molecular formula is C17H26N2O. The molecule has 1 fully saturated rings. The lowest BCUT2D eigenvalue weighted by Gasteiger charge is -2.37. The van der Waals surface area contributed by atoms with Crippen molar-refractivity contribution in [2.24, 2.45) is 0 Å². The summed E-state index contributed by atoms with van der Waals surface area (Å²) in [4.78, 5) is 17.0. The first-order valence-electron chi connectivity index (χ1n) is 7.61. The number of nitrogens with zero attached hydrogens (tertiary/aromatic N) is 2. The number of likely N-dealkylation sites (N-methyl/N-ethyl adjacent to an activating group) is 2. The zero-order chi connectivity index (χ0) is 14.5. The number of rotatable bonds is 5. The molecular weight excluding hydrogens is 248 g/mol. The van der Waals surface area contributed by atoms with Gasteiger partial charge in [-0.2, -0.15) is 0 Å². The Morgan fingerprint density at radius 3 is 2.55 bits per heavy atom. The van der Waals surface area contributed by atoms with Crippen LogP contribution in [0.25, 0.3) is 0 Å². The molecule has 0 aromatic heterocycles. The van der Waals surface area contributed by atoms with Crippen LogP contribution in [-0.4, -0.2) is 55.4 Å². The molecule has 20 heavy (non-hydrogen) atoms. The molecule has 3 nitrogen and oxygen atoms in total. The van der Waals surface area contributed by atoms with Gasteiger partial charge in [0, 0.05) is 37.7 Å². The van der Waals surface area contributed by atoms with Gasteiger partial charge in [0.1, 0.15) is 0 Å². The van der Waals surface area contributed by atoms with Gasteiger partial charge in [0.2, 0.25) is 0 Å². The highest BCUT2D eigenvalue weighted by molar-refractivity contribution is 5.96. The number of hydrogen-bond donors (Lipinski definition) is 0. The van der Waals surface area contributed by atoms with Crippen LogP contribution in [0.5, 0.6) is 0 Å². The number of piperazine rings is 1. The van der Waals surface area contributed by atoms with E-state index in [2.05, 4.69) is 43.0 Å².